The Hall–Kier alpha value is -3.54. The zero-order valence-electron chi connectivity index (χ0n) is 19.1. The molecule has 1 aliphatic rings. The summed E-state index contributed by atoms with van der Waals surface area (Å²) < 4.78 is 31.5. The van der Waals surface area contributed by atoms with Crippen LogP contribution in [0, 0.1) is 5.82 Å². The highest BCUT2D eigenvalue weighted by atomic mass is 19.1. The van der Waals surface area contributed by atoms with Crippen LogP contribution in [0.15, 0.2) is 60.7 Å². The van der Waals surface area contributed by atoms with E-state index in [1.165, 1.54) is 17.7 Å². The second kappa shape index (κ2) is 9.94. The van der Waals surface area contributed by atoms with Crippen LogP contribution in [0.1, 0.15) is 40.0 Å². The maximum absolute atomic E-state index is 14.4. The van der Waals surface area contributed by atoms with E-state index in [0.717, 1.165) is 23.3 Å². The van der Waals surface area contributed by atoms with Gasteiger partial charge in [0.25, 0.3) is 5.91 Å². The number of methoxy groups -OCH3 is 2. The van der Waals surface area contributed by atoms with Crippen molar-refractivity contribution in [3.63, 3.8) is 0 Å². The van der Waals surface area contributed by atoms with E-state index in [4.69, 9.17) is 14.2 Å². The predicted molar refractivity (Wildman–Crippen MR) is 125 cm³/mol. The van der Waals surface area contributed by atoms with Crippen LogP contribution in [0.4, 0.5) is 4.39 Å². The Kier molecular flexibility index (Phi) is 6.82. The first kappa shape index (κ1) is 22.6. The summed E-state index contributed by atoms with van der Waals surface area (Å²) in [5, 5.41) is 0. The molecule has 0 radical (unpaired) electrons. The number of fused-ring (bicyclic) bond motifs is 1. The highest BCUT2D eigenvalue weighted by Crippen LogP contribution is 2.39. The molecule has 0 aromatic heterocycles. The molecule has 6 heteroatoms. The molecule has 1 atom stereocenters. The molecular formula is C27H28FNO4. The Bertz CT molecular complexity index is 1130. The van der Waals surface area contributed by atoms with Crippen LogP contribution in [0.3, 0.4) is 0 Å². The number of nitrogens with zero attached hydrogens (tertiary/aromatic N) is 1. The van der Waals surface area contributed by atoms with E-state index in [9.17, 15) is 9.18 Å². The monoisotopic (exact) mass is 449 g/mol. The number of rotatable bonds is 7. The van der Waals surface area contributed by atoms with Crippen molar-refractivity contribution < 1.29 is 23.4 Å². The summed E-state index contributed by atoms with van der Waals surface area (Å²) in [6.45, 7) is 2.77. The van der Waals surface area contributed by atoms with Gasteiger partial charge in [-0.3, -0.25) is 4.79 Å². The molecule has 3 aromatic carbocycles. The number of halogens is 1. The summed E-state index contributed by atoms with van der Waals surface area (Å²) in [5.74, 6) is 1.05. The lowest BCUT2D eigenvalue weighted by molar-refractivity contribution is 0.0584. The van der Waals surface area contributed by atoms with Crippen molar-refractivity contribution in [3.05, 3.63) is 88.7 Å². The van der Waals surface area contributed by atoms with Crippen LogP contribution in [-0.4, -0.2) is 38.2 Å². The molecule has 0 N–H and O–H groups in total. The minimum Gasteiger partial charge on any atom is -0.493 e. The first-order valence-corrected chi connectivity index (χ1v) is 11.1. The quantitative estimate of drug-likeness (QED) is 0.496. The van der Waals surface area contributed by atoms with Crippen molar-refractivity contribution >= 4 is 5.91 Å². The zero-order valence-corrected chi connectivity index (χ0v) is 19.1. The van der Waals surface area contributed by atoms with Crippen LogP contribution in [-0.2, 0) is 12.8 Å². The van der Waals surface area contributed by atoms with Crippen LogP contribution < -0.4 is 14.2 Å². The number of ether oxygens (including phenoxy) is 3. The fraction of sp³-hybridized carbons (Fsp3) is 0.296. The van der Waals surface area contributed by atoms with Crippen LogP contribution in [0.2, 0.25) is 0 Å². The Morgan fingerprint density at radius 2 is 1.73 bits per heavy atom. The number of hydrogen-bond donors (Lipinski definition) is 0. The molecule has 0 saturated carbocycles. The third-order valence-electron chi connectivity index (χ3n) is 6.11. The highest BCUT2D eigenvalue weighted by Gasteiger charge is 2.34. The molecule has 1 amide bonds. The number of aryl methyl sites for hydroxylation is 1. The van der Waals surface area contributed by atoms with Crippen molar-refractivity contribution in [3.8, 4) is 17.2 Å². The first-order valence-electron chi connectivity index (χ1n) is 11.1. The zero-order chi connectivity index (χ0) is 23.4. The van der Waals surface area contributed by atoms with Crippen molar-refractivity contribution in [1.82, 2.24) is 4.90 Å². The van der Waals surface area contributed by atoms with Crippen molar-refractivity contribution in [2.24, 2.45) is 0 Å². The van der Waals surface area contributed by atoms with E-state index in [-0.39, 0.29) is 18.1 Å². The van der Waals surface area contributed by atoms with Gasteiger partial charge in [-0.25, -0.2) is 4.39 Å². The average molecular weight is 450 g/mol. The smallest absolute Gasteiger partial charge is 0.257 e. The molecule has 0 spiro atoms. The standard InChI is InChI=1S/C27H28FNO4/c1-4-18-9-11-20(12-10-18)33-17-24-22-16-26(32-3)25(31-2)15-19(22)13-14-29(24)27(30)21-7-5-6-8-23(21)28/h5-12,15-16,24H,4,13-14,17H2,1-3H3. The lowest BCUT2D eigenvalue weighted by Gasteiger charge is -2.37. The number of carbonyl (C=O) groups excluding carboxylic acids is 1. The van der Waals surface area contributed by atoms with Crippen molar-refractivity contribution in [1.29, 1.82) is 0 Å². The lowest BCUT2D eigenvalue weighted by Crippen LogP contribution is -2.43. The maximum atomic E-state index is 14.4. The lowest BCUT2D eigenvalue weighted by atomic mass is 9.91. The highest BCUT2D eigenvalue weighted by molar-refractivity contribution is 5.95. The molecule has 3 aromatic rings. The summed E-state index contributed by atoms with van der Waals surface area (Å²) in [4.78, 5) is 15.1. The Labute approximate surface area is 193 Å². The van der Waals surface area contributed by atoms with Crippen LogP contribution >= 0.6 is 0 Å². The second-order valence-electron chi connectivity index (χ2n) is 7.96. The van der Waals surface area contributed by atoms with E-state index in [1.807, 2.05) is 36.4 Å². The predicted octanol–water partition coefficient (Wildman–Crippen LogP) is 5.22. The normalized spacial score (nSPS) is 15.0. The Morgan fingerprint density at radius 1 is 1.03 bits per heavy atom. The van der Waals surface area contributed by atoms with Crippen molar-refractivity contribution in [2.45, 2.75) is 25.8 Å². The molecule has 0 bridgehead atoms. The van der Waals surface area contributed by atoms with Gasteiger partial charge in [0.15, 0.2) is 11.5 Å². The minimum absolute atomic E-state index is 0.0544. The molecule has 33 heavy (non-hydrogen) atoms. The summed E-state index contributed by atoms with van der Waals surface area (Å²) in [7, 11) is 3.18. The van der Waals surface area contributed by atoms with Gasteiger partial charge in [0.05, 0.1) is 25.8 Å². The molecular weight excluding hydrogens is 421 g/mol. The molecule has 0 fully saturated rings. The van der Waals surface area contributed by atoms with Gasteiger partial charge < -0.3 is 19.1 Å². The number of hydrogen-bond acceptors (Lipinski definition) is 4. The maximum Gasteiger partial charge on any atom is 0.257 e. The second-order valence-corrected chi connectivity index (χ2v) is 7.96. The third kappa shape index (κ3) is 4.65. The van der Waals surface area contributed by atoms with Gasteiger partial charge >= 0.3 is 0 Å². The molecule has 0 saturated heterocycles. The van der Waals surface area contributed by atoms with Crippen LogP contribution in [0.5, 0.6) is 17.2 Å². The van der Waals surface area contributed by atoms with E-state index < -0.39 is 11.9 Å². The molecule has 1 aliphatic heterocycles. The summed E-state index contributed by atoms with van der Waals surface area (Å²) >= 11 is 0. The summed E-state index contributed by atoms with van der Waals surface area (Å²) in [5.41, 5.74) is 3.24. The minimum atomic E-state index is -0.532. The fourth-order valence-electron chi connectivity index (χ4n) is 4.24. The van der Waals surface area contributed by atoms with E-state index >= 15 is 0 Å². The van der Waals surface area contributed by atoms with Gasteiger partial charge in [-0.15, -0.1) is 0 Å². The largest absolute Gasteiger partial charge is 0.493 e. The number of carbonyl (C=O) groups is 1. The molecule has 1 heterocycles. The first-order chi connectivity index (χ1) is 16.0. The third-order valence-corrected chi connectivity index (χ3v) is 6.11. The van der Waals surface area contributed by atoms with E-state index in [1.54, 1.807) is 31.3 Å². The molecule has 172 valence electrons. The van der Waals surface area contributed by atoms with Crippen molar-refractivity contribution in [2.75, 3.05) is 27.4 Å². The molecule has 4 rings (SSSR count). The Morgan fingerprint density at radius 3 is 2.39 bits per heavy atom. The summed E-state index contributed by atoms with van der Waals surface area (Å²) in [6.07, 6.45) is 1.57. The van der Waals surface area contributed by atoms with Gasteiger partial charge in [0, 0.05) is 6.54 Å². The van der Waals surface area contributed by atoms with Gasteiger partial charge in [-0.05, 0) is 65.9 Å². The topological polar surface area (TPSA) is 48.0 Å². The van der Waals surface area contributed by atoms with E-state index in [2.05, 4.69) is 6.92 Å². The van der Waals surface area contributed by atoms with Gasteiger partial charge in [0.2, 0.25) is 0 Å². The fourth-order valence-corrected chi connectivity index (χ4v) is 4.24. The Balaban J connectivity index is 1.70. The average Bonchev–Trinajstić information content (AvgIpc) is 2.86. The number of amides is 1. The molecule has 5 nitrogen and oxygen atoms in total. The number of benzene rings is 3. The summed E-state index contributed by atoms with van der Waals surface area (Å²) in [6, 6.07) is 17.4. The van der Waals surface area contributed by atoms with Gasteiger partial charge in [-0.1, -0.05) is 31.2 Å². The van der Waals surface area contributed by atoms with Gasteiger partial charge in [-0.2, -0.15) is 0 Å². The SMILES string of the molecule is CCc1ccc(OCC2c3cc(OC)c(OC)cc3CCN2C(=O)c2ccccc2F)cc1. The van der Waals surface area contributed by atoms with Crippen LogP contribution in [0.25, 0.3) is 0 Å². The molecule has 0 aliphatic carbocycles. The molecule has 1 unspecified atom stereocenters. The van der Waals surface area contributed by atoms with Gasteiger partial charge in [0.1, 0.15) is 18.2 Å². The van der Waals surface area contributed by atoms with E-state index in [0.29, 0.717) is 24.5 Å².